The highest BCUT2D eigenvalue weighted by molar-refractivity contribution is 5.78. The third-order valence-corrected chi connectivity index (χ3v) is 6.22. The Labute approximate surface area is 171 Å². The van der Waals surface area contributed by atoms with Crippen LogP contribution in [0.4, 0.5) is 13.2 Å². The molecule has 0 spiro atoms. The minimum atomic E-state index is -4.34. The predicted octanol–water partition coefficient (Wildman–Crippen LogP) is 3.47. The highest BCUT2D eigenvalue weighted by Crippen LogP contribution is 2.24. The molecule has 4 nitrogen and oxygen atoms in total. The lowest BCUT2D eigenvalue weighted by Gasteiger charge is -2.41. The molecule has 162 valence electrons. The number of hydrogen-bond acceptors (Lipinski definition) is 3. The molecule has 3 rings (SSSR count). The van der Waals surface area contributed by atoms with E-state index in [4.69, 9.17) is 0 Å². The highest BCUT2D eigenvalue weighted by atomic mass is 19.4. The van der Waals surface area contributed by atoms with E-state index < -0.39 is 18.6 Å². The second-order valence-electron chi connectivity index (χ2n) is 8.31. The van der Waals surface area contributed by atoms with E-state index in [-0.39, 0.29) is 5.92 Å². The van der Waals surface area contributed by atoms with Crippen molar-refractivity contribution in [1.29, 1.82) is 0 Å². The molecule has 1 aromatic carbocycles. The van der Waals surface area contributed by atoms with Crippen LogP contribution in [0.1, 0.15) is 37.7 Å². The van der Waals surface area contributed by atoms with Crippen molar-refractivity contribution in [2.75, 3.05) is 39.3 Å². The van der Waals surface area contributed by atoms with Crippen LogP contribution in [0, 0.1) is 5.92 Å². The molecule has 2 fully saturated rings. The van der Waals surface area contributed by atoms with E-state index in [1.807, 2.05) is 11.4 Å². The lowest BCUT2D eigenvalue weighted by atomic mass is 9.92. The zero-order chi connectivity index (χ0) is 20.7. The van der Waals surface area contributed by atoms with Gasteiger partial charge in [0.25, 0.3) is 0 Å². The third kappa shape index (κ3) is 7.30. The predicted molar refractivity (Wildman–Crippen MR) is 108 cm³/mol. The molecule has 0 bridgehead atoms. The molecular formula is C22H32F3N3O. The molecule has 2 aliphatic heterocycles. The Hall–Kier alpha value is -1.60. The van der Waals surface area contributed by atoms with Gasteiger partial charge in [-0.05, 0) is 76.8 Å². The molecule has 2 heterocycles. The van der Waals surface area contributed by atoms with E-state index in [0.717, 1.165) is 52.0 Å². The summed E-state index contributed by atoms with van der Waals surface area (Å²) in [4.78, 5) is 16.9. The number of nitrogens with one attached hydrogen (secondary N) is 1. The molecule has 29 heavy (non-hydrogen) atoms. The molecule has 1 N–H and O–H groups in total. The Kier molecular flexibility index (Phi) is 7.95. The highest BCUT2D eigenvalue weighted by Gasteiger charge is 2.33. The van der Waals surface area contributed by atoms with Crippen molar-refractivity contribution in [2.24, 2.45) is 5.92 Å². The first-order valence-electron chi connectivity index (χ1n) is 10.8. The smallest absolute Gasteiger partial charge is 0.347 e. The van der Waals surface area contributed by atoms with Crippen molar-refractivity contribution < 1.29 is 18.0 Å². The number of likely N-dealkylation sites (tertiary alicyclic amines) is 2. The van der Waals surface area contributed by atoms with Crippen LogP contribution in [0.2, 0.25) is 0 Å². The average molecular weight is 412 g/mol. The van der Waals surface area contributed by atoms with Gasteiger partial charge >= 0.3 is 6.18 Å². The summed E-state index contributed by atoms with van der Waals surface area (Å²) in [5.74, 6) is -0.734. The van der Waals surface area contributed by atoms with Crippen LogP contribution in [-0.4, -0.2) is 67.2 Å². The normalized spacial score (nSPS) is 20.7. The molecule has 0 saturated carbocycles. The summed E-state index contributed by atoms with van der Waals surface area (Å²) in [7, 11) is 0. The Morgan fingerprint density at radius 3 is 2.28 bits per heavy atom. The number of piperidine rings is 2. The number of carbonyl (C=O) groups excluding carboxylic acids is 1. The van der Waals surface area contributed by atoms with E-state index >= 15 is 0 Å². The van der Waals surface area contributed by atoms with Gasteiger partial charge in [0, 0.05) is 12.0 Å². The second kappa shape index (κ2) is 10.4. The number of carbonyl (C=O) groups is 1. The molecule has 1 amide bonds. The number of hydrogen-bond donors (Lipinski definition) is 1. The van der Waals surface area contributed by atoms with Gasteiger partial charge in [-0.1, -0.05) is 30.3 Å². The maximum absolute atomic E-state index is 12.3. The fourth-order valence-corrected chi connectivity index (χ4v) is 4.52. The first-order chi connectivity index (χ1) is 13.9. The number of halogens is 3. The largest absolute Gasteiger partial charge is 0.405 e. The van der Waals surface area contributed by atoms with Crippen LogP contribution in [0.15, 0.2) is 30.3 Å². The number of alkyl halides is 3. The van der Waals surface area contributed by atoms with Crippen LogP contribution in [0.5, 0.6) is 0 Å². The molecule has 0 aromatic heterocycles. The van der Waals surface area contributed by atoms with E-state index in [2.05, 4.69) is 34.1 Å². The Morgan fingerprint density at radius 2 is 1.66 bits per heavy atom. The minimum absolute atomic E-state index is 0.285. The summed E-state index contributed by atoms with van der Waals surface area (Å²) in [6.45, 7) is 3.72. The van der Waals surface area contributed by atoms with Crippen LogP contribution in [0.3, 0.4) is 0 Å². The van der Waals surface area contributed by atoms with Gasteiger partial charge in [0.05, 0.1) is 0 Å². The van der Waals surface area contributed by atoms with Gasteiger partial charge in [-0.25, -0.2) is 0 Å². The van der Waals surface area contributed by atoms with Crippen molar-refractivity contribution in [3.63, 3.8) is 0 Å². The third-order valence-electron chi connectivity index (χ3n) is 6.22. The van der Waals surface area contributed by atoms with Crippen LogP contribution >= 0.6 is 0 Å². The van der Waals surface area contributed by atoms with Gasteiger partial charge in [-0.15, -0.1) is 0 Å². The van der Waals surface area contributed by atoms with Gasteiger partial charge in [0.1, 0.15) is 6.54 Å². The van der Waals surface area contributed by atoms with Crippen molar-refractivity contribution >= 4 is 5.91 Å². The van der Waals surface area contributed by atoms with E-state index in [1.165, 1.54) is 12.0 Å². The zero-order valence-electron chi connectivity index (χ0n) is 17.0. The van der Waals surface area contributed by atoms with Gasteiger partial charge in [-0.3, -0.25) is 4.79 Å². The van der Waals surface area contributed by atoms with Crippen molar-refractivity contribution in [1.82, 2.24) is 15.1 Å². The second-order valence-corrected chi connectivity index (χ2v) is 8.31. The maximum Gasteiger partial charge on any atom is 0.405 e. The number of benzene rings is 1. The molecule has 2 aliphatic rings. The van der Waals surface area contributed by atoms with Crippen molar-refractivity contribution in [3.05, 3.63) is 35.9 Å². The SMILES string of the molecule is O=C(NCC(F)(F)F)C1CCN(C2CCN(CCCc3ccccc3)CC2)CC1. The van der Waals surface area contributed by atoms with E-state index in [0.29, 0.717) is 18.9 Å². The standard InChI is InChI=1S/C22H32F3N3O/c23-22(24,25)17-26-21(29)19-8-15-28(16-9-19)20-10-13-27(14-11-20)12-4-7-18-5-2-1-3-6-18/h1-3,5-6,19-20H,4,7-17H2,(H,26,29). The fourth-order valence-electron chi connectivity index (χ4n) is 4.52. The zero-order valence-corrected chi connectivity index (χ0v) is 17.0. The van der Waals surface area contributed by atoms with Gasteiger partial charge in [-0.2, -0.15) is 13.2 Å². The van der Waals surface area contributed by atoms with Crippen LogP contribution in [0.25, 0.3) is 0 Å². The number of rotatable bonds is 7. The monoisotopic (exact) mass is 411 g/mol. The summed E-state index contributed by atoms with van der Waals surface area (Å²) >= 11 is 0. The Bertz CT molecular complexity index is 622. The Morgan fingerprint density at radius 1 is 1.00 bits per heavy atom. The number of nitrogens with zero attached hydrogens (tertiary/aromatic N) is 2. The molecule has 0 radical (unpaired) electrons. The summed E-state index contributed by atoms with van der Waals surface area (Å²) in [6.07, 6.45) is 1.53. The number of amides is 1. The summed E-state index contributed by atoms with van der Waals surface area (Å²) in [5, 5.41) is 2.03. The van der Waals surface area contributed by atoms with Gasteiger partial charge in [0.15, 0.2) is 0 Å². The minimum Gasteiger partial charge on any atom is -0.347 e. The van der Waals surface area contributed by atoms with Crippen molar-refractivity contribution in [3.8, 4) is 0 Å². The number of aryl methyl sites for hydroxylation is 1. The van der Waals surface area contributed by atoms with Gasteiger partial charge < -0.3 is 15.1 Å². The van der Waals surface area contributed by atoms with E-state index in [9.17, 15) is 18.0 Å². The molecular weight excluding hydrogens is 379 g/mol. The fraction of sp³-hybridized carbons (Fsp3) is 0.682. The average Bonchev–Trinajstić information content (AvgIpc) is 2.73. The summed E-state index contributed by atoms with van der Waals surface area (Å²) in [6, 6.07) is 11.1. The summed E-state index contributed by atoms with van der Waals surface area (Å²) < 4.78 is 36.8. The van der Waals surface area contributed by atoms with Crippen LogP contribution < -0.4 is 5.32 Å². The topological polar surface area (TPSA) is 35.6 Å². The van der Waals surface area contributed by atoms with Crippen LogP contribution in [-0.2, 0) is 11.2 Å². The first kappa shape index (κ1) is 22.1. The lowest BCUT2D eigenvalue weighted by molar-refractivity contribution is -0.141. The Balaban J connectivity index is 1.31. The van der Waals surface area contributed by atoms with Crippen molar-refractivity contribution in [2.45, 2.75) is 50.7 Å². The lowest BCUT2D eigenvalue weighted by Crippen LogP contribution is -2.49. The molecule has 0 unspecified atom stereocenters. The molecule has 1 aromatic rings. The maximum atomic E-state index is 12.3. The molecule has 7 heteroatoms. The summed E-state index contributed by atoms with van der Waals surface area (Å²) in [5.41, 5.74) is 1.39. The molecule has 2 saturated heterocycles. The van der Waals surface area contributed by atoms with Gasteiger partial charge in [0.2, 0.25) is 5.91 Å². The molecule has 0 aliphatic carbocycles. The van der Waals surface area contributed by atoms with E-state index in [1.54, 1.807) is 0 Å². The molecule has 0 atom stereocenters. The quantitative estimate of drug-likeness (QED) is 0.746. The first-order valence-corrected chi connectivity index (χ1v) is 10.8.